The summed E-state index contributed by atoms with van der Waals surface area (Å²) < 4.78 is 0. The summed E-state index contributed by atoms with van der Waals surface area (Å²) in [4.78, 5) is 7.79. The van der Waals surface area contributed by atoms with Crippen molar-refractivity contribution in [1.29, 1.82) is 0 Å². The van der Waals surface area contributed by atoms with Gasteiger partial charge in [0.1, 0.15) is 0 Å². The van der Waals surface area contributed by atoms with Crippen molar-refractivity contribution in [3.8, 4) is 0 Å². The number of nitrogens with one attached hydrogen (secondary N) is 1. The molecule has 4 nitrogen and oxygen atoms in total. The summed E-state index contributed by atoms with van der Waals surface area (Å²) >= 11 is 7.67. The highest BCUT2D eigenvalue weighted by atomic mass is 35.5. The number of hydrogen-bond acceptors (Lipinski definition) is 5. The van der Waals surface area contributed by atoms with Crippen LogP contribution >= 0.6 is 47.8 Å². The molecule has 0 amide bonds. The van der Waals surface area contributed by atoms with E-state index in [1.54, 1.807) is 11.3 Å². The third kappa shape index (κ3) is 4.72. The van der Waals surface area contributed by atoms with Crippen LogP contribution in [-0.4, -0.2) is 29.5 Å². The minimum absolute atomic E-state index is 0. The molecule has 1 saturated heterocycles. The number of nitrogens with two attached hydrogens (primary N) is 1. The van der Waals surface area contributed by atoms with Gasteiger partial charge in [0, 0.05) is 48.3 Å². The van der Waals surface area contributed by atoms with E-state index in [0.29, 0.717) is 11.2 Å². The van der Waals surface area contributed by atoms with Crippen LogP contribution in [0, 0.1) is 0 Å². The first-order chi connectivity index (χ1) is 9.72. The average molecular weight is 382 g/mol. The van der Waals surface area contributed by atoms with Crippen LogP contribution in [0.3, 0.4) is 0 Å². The van der Waals surface area contributed by atoms with E-state index < -0.39 is 0 Å². The maximum absolute atomic E-state index is 6.11. The fourth-order valence-electron chi connectivity index (χ4n) is 2.57. The van der Waals surface area contributed by atoms with Gasteiger partial charge < -0.3 is 11.1 Å². The fourth-order valence-corrected chi connectivity index (χ4v) is 3.48. The number of thiazole rings is 1. The van der Waals surface area contributed by atoms with Crippen molar-refractivity contribution < 1.29 is 0 Å². The highest BCUT2D eigenvalue weighted by Crippen LogP contribution is 2.27. The number of hydrogen-bond donors (Lipinski definition) is 2. The lowest BCUT2D eigenvalue weighted by Crippen LogP contribution is -2.45. The van der Waals surface area contributed by atoms with Gasteiger partial charge in [0.05, 0.1) is 0 Å². The standard InChI is InChI=1S/C14H17ClN4S.2ClH/c15-11-3-1-2-10(6-11)13-8-17-4-5-19(13)9-12-7-18-14(16)20-12;;/h1-3,6-7,13,17H,4-5,8-9H2,(H2,16,18);2*1H. The third-order valence-electron chi connectivity index (χ3n) is 3.52. The molecule has 2 aromatic rings. The van der Waals surface area contributed by atoms with Gasteiger partial charge in [0.15, 0.2) is 5.13 Å². The minimum atomic E-state index is 0. The number of nitrogens with zero attached hydrogens (tertiary/aromatic N) is 2. The van der Waals surface area contributed by atoms with E-state index in [1.807, 2.05) is 24.4 Å². The molecule has 1 unspecified atom stereocenters. The van der Waals surface area contributed by atoms with Gasteiger partial charge in [-0.2, -0.15) is 0 Å². The maximum Gasteiger partial charge on any atom is 0.180 e. The maximum atomic E-state index is 6.11. The average Bonchev–Trinajstić information content (AvgIpc) is 2.85. The predicted octanol–water partition coefficient (Wildman–Crippen LogP) is 3.37. The first-order valence-electron chi connectivity index (χ1n) is 6.63. The van der Waals surface area contributed by atoms with Gasteiger partial charge in [-0.1, -0.05) is 23.7 Å². The Hall–Kier alpha value is -0.560. The zero-order valence-electron chi connectivity index (χ0n) is 11.9. The summed E-state index contributed by atoms with van der Waals surface area (Å²) in [5.41, 5.74) is 6.96. The van der Waals surface area contributed by atoms with Gasteiger partial charge in [-0.25, -0.2) is 4.98 Å². The molecule has 1 fully saturated rings. The number of nitrogen functional groups attached to an aromatic ring is 1. The quantitative estimate of drug-likeness (QED) is 0.856. The molecule has 22 heavy (non-hydrogen) atoms. The molecule has 0 aliphatic carbocycles. The van der Waals surface area contributed by atoms with E-state index in [9.17, 15) is 0 Å². The molecular formula is C14H19Cl3N4S. The number of halogens is 3. The number of piperazine rings is 1. The molecule has 3 rings (SSSR count). The largest absolute Gasteiger partial charge is 0.375 e. The van der Waals surface area contributed by atoms with Crippen molar-refractivity contribution in [2.24, 2.45) is 0 Å². The highest BCUT2D eigenvalue weighted by molar-refractivity contribution is 7.15. The van der Waals surface area contributed by atoms with Crippen LogP contribution in [0.5, 0.6) is 0 Å². The molecular weight excluding hydrogens is 363 g/mol. The molecule has 8 heteroatoms. The van der Waals surface area contributed by atoms with Gasteiger partial charge in [0.25, 0.3) is 0 Å². The van der Waals surface area contributed by atoms with Crippen LogP contribution in [0.4, 0.5) is 5.13 Å². The monoisotopic (exact) mass is 380 g/mol. The molecule has 2 heterocycles. The number of benzene rings is 1. The second-order valence-corrected chi connectivity index (χ2v) is 6.49. The summed E-state index contributed by atoms with van der Waals surface area (Å²) in [5, 5.41) is 4.87. The smallest absolute Gasteiger partial charge is 0.180 e. The van der Waals surface area contributed by atoms with Crippen molar-refractivity contribution in [3.63, 3.8) is 0 Å². The van der Waals surface area contributed by atoms with E-state index in [4.69, 9.17) is 17.3 Å². The Morgan fingerprint density at radius 2 is 2.23 bits per heavy atom. The molecule has 1 aliphatic heterocycles. The predicted molar refractivity (Wildman–Crippen MR) is 98.5 cm³/mol. The lowest BCUT2D eigenvalue weighted by molar-refractivity contribution is 0.155. The Kier molecular flexibility index (Phi) is 7.89. The van der Waals surface area contributed by atoms with E-state index in [2.05, 4.69) is 21.3 Å². The van der Waals surface area contributed by atoms with E-state index in [-0.39, 0.29) is 24.8 Å². The Bertz CT molecular complexity index is 593. The SMILES string of the molecule is Cl.Cl.Nc1ncc(CN2CCNCC2c2cccc(Cl)c2)s1. The zero-order chi connectivity index (χ0) is 13.9. The first-order valence-corrected chi connectivity index (χ1v) is 7.82. The fraction of sp³-hybridized carbons (Fsp3) is 0.357. The number of aromatic nitrogens is 1. The van der Waals surface area contributed by atoms with Crippen molar-refractivity contribution >= 4 is 52.9 Å². The lowest BCUT2D eigenvalue weighted by Gasteiger charge is -2.36. The normalized spacial score (nSPS) is 18.3. The Labute approximate surface area is 151 Å². The highest BCUT2D eigenvalue weighted by Gasteiger charge is 2.24. The summed E-state index contributed by atoms with van der Waals surface area (Å²) in [6.07, 6.45) is 1.87. The van der Waals surface area contributed by atoms with Crippen LogP contribution in [0.25, 0.3) is 0 Å². The topological polar surface area (TPSA) is 54.2 Å². The summed E-state index contributed by atoms with van der Waals surface area (Å²) in [7, 11) is 0. The molecule has 0 radical (unpaired) electrons. The van der Waals surface area contributed by atoms with Gasteiger partial charge in [-0.15, -0.1) is 36.2 Å². The molecule has 1 atom stereocenters. The Morgan fingerprint density at radius 1 is 1.41 bits per heavy atom. The minimum Gasteiger partial charge on any atom is -0.375 e. The molecule has 122 valence electrons. The van der Waals surface area contributed by atoms with Gasteiger partial charge in [0.2, 0.25) is 0 Å². The summed E-state index contributed by atoms with van der Waals surface area (Å²) in [6, 6.07) is 8.45. The van der Waals surface area contributed by atoms with Crippen LogP contribution in [0.1, 0.15) is 16.5 Å². The molecule has 1 aliphatic rings. The van der Waals surface area contributed by atoms with Crippen LogP contribution < -0.4 is 11.1 Å². The van der Waals surface area contributed by atoms with E-state index >= 15 is 0 Å². The summed E-state index contributed by atoms with van der Waals surface area (Å²) in [6.45, 7) is 3.84. The van der Waals surface area contributed by atoms with Gasteiger partial charge >= 0.3 is 0 Å². The van der Waals surface area contributed by atoms with Crippen LogP contribution in [-0.2, 0) is 6.54 Å². The first kappa shape index (κ1) is 19.5. The van der Waals surface area contributed by atoms with Crippen LogP contribution in [0.2, 0.25) is 5.02 Å². The molecule has 0 spiro atoms. The summed E-state index contributed by atoms with van der Waals surface area (Å²) in [5.74, 6) is 0. The second kappa shape index (κ2) is 8.91. The van der Waals surface area contributed by atoms with Crippen molar-refractivity contribution in [1.82, 2.24) is 15.2 Å². The molecule has 1 aromatic carbocycles. The number of rotatable bonds is 3. The van der Waals surface area contributed by atoms with E-state index in [1.165, 1.54) is 10.4 Å². The Balaban J connectivity index is 0.00000121. The Morgan fingerprint density at radius 3 is 2.91 bits per heavy atom. The lowest BCUT2D eigenvalue weighted by atomic mass is 10.0. The van der Waals surface area contributed by atoms with Crippen molar-refractivity contribution in [2.45, 2.75) is 12.6 Å². The molecule has 0 bridgehead atoms. The van der Waals surface area contributed by atoms with Crippen molar-refractivity contribution in [2.75, 3.05) is 25.4 Å². The van der Waals surface area contributed by atoms with Crippen molar-refractivity contribution in [3.05, 3.63) is 45.9 Å². The van der Waals surface area contributed by atoms with E-state index in [0.717, 1.165) is 31.2 Å². The number of anilines is 1. The van der Waals surface area contributed by atoms with Gasteiger partial charge in [-0.3, -0.25) is 4.90 Å². The molecule has 1 aromatic heterocycles. The zero-order valence-corrected chi connectivity index (χ0v) is 15.1. The second-order valence-electron chi connectivity index (χ2n) is 4.91. The molecule has 3 N–H and O–H groups in total. The third-order valence-corrected chi connectivity index (χ3v) is 4.56. The van der Waals surface area contributed by atoms with Crippen LogP contribution in [0.15, 0.2) is 30.5 Å². The van der Waals surface area contributed by atoms with Gasteiger partial charge in [-0.05, 0) is 17.7 Å². The molecule has 0 saturated carbocycles.